The molecule has 2 aromatic rings. The van der Waals surface area contributed by atoms with E-state index in [9.17, 15) is 9.18 Å². The molecular weight excluding hydrogens is 309 g/mol. The number of hydrogen-bond acceptors (Lipinski definition) is 5. The summed E-state index contributed by atoms with van der Waals surface area (Å²) in [6.07, 6.45) is 0. The Balaban J connectivity index is 2.31. The van der Waals surface area contributed by atoms with Gasteiger partial charge in [-0.1, -0.05) is 6.07 Å². The minimum atomic E-state index is -0.362. The highest BCUT2D eigenvalue weighted by molar-refractivity contribution is 7.98. The van der Waals surface area contributed by atoms with Gasteiger partial charge < -0.3 is 4.90 Å². The van der Waals surface area contributed by atoms with Crippen molar-refractivity contribution in [2.45, 2.75) is 5.75 Å². The van der Waals surface area contributed by atoms with Crippen LogP contribution in [0.4, 0.5) is 4.39 Å². The summed E-state index contributed by atoms with van der Waals surface area (Å²) < 4.78 is 14.9. The van der Waals surface area contributed by atoms with Gasteiger partial charge in [-0.05, 0) is 31.8 Å². The number of carbonyl (C=O) groups excluding carboxylic acids is 1. The molecule has 0 aliphatic carbocycles. The lowest BCUT2D eigenvalue weighted by atomic mass is 10.1. The van der Waals surface area contributed by atoms with Crippen molar-refractivity contribution in [2.24, 2.45) is 5.84 Å². The molecule has 0 radical (unpaired) electrons. The van der Waals surface area contributed by atoms with Gasteiger partial charge in [-0.2, -0.15) is 11.8 Å². The third-order valence-corrected chi connectivity index (χ3v) is 5.19. The van der Waals surface area contributed by atoms with E-state index in [4.69, 9.17) is 5.84 Å². The summed E-state index contributed by atoms with van der Waals surface area (Å²) in [5.74, 6) is 6.09. The molecule has 2 rings (SSSR count). The minimum absolute atomic E-state index is 0.289. The van der Waals surface area contributed by atoms with Crippen LogP contribution >= 0.6 is 23.1 Å². The van der Waals surface area contributed by atoms with E-state index in [1.54, 1.807) is 17.8 Å². The van der Waals surface area contributed by atoms with Gasteiger partial charge in [0.05, 0.1) is 4.88 Å². The Kier molecular flexibility index (Phi) is 5.58. The van der Waals surface area contributed by atoms with Crippen LogP contribution in [-0.4, -0.2) is 37.2 Å². The van der Waals surface area contributed by atoms with Gasteiger partial charge in [0.15, 0.2) is 0 Å². The van der Waals surface area contributed by atoms with E-state index in [1.165, 1.54) is 17.4 Å². The number of carbonyl (C=O) groups is 1. The predicted octanol–water partition coefficient (Wildman–Crippen LogP) is 2.44. The molecule has 0 aliphatic rings. The van der Waals surface area contributed by atoms with Crippen molar-refractivity contribution in [2.75, 3.05) is 26.4 Å². The quantitative estimate of drug-likeness (QED) is 0.370. The van der Waals surface area contributed by atoms with Crippen LogP contribution in [0.2, 0.25) is 0 Å². The molecule has 7 heteroatoms. The van der Waals surface area contributed by atoms with Crippen LogP contribution < -0.4 is 11.3 Å². The lowest BCUT2D eigenvalue weighted by molar-refractivity contribution is 0.0957. The molecule has 114 valence electrons. The van der Waals surface area contributed by atoms with Crippen molar-refractivity contribution in [3.05, 3.63) is 34.5 Å². The van der Waals surface area contributed by atoms with Crippen molar-refractivity contribution in [1.82, 2.24) is 10.3 Å². The fourth-order valence-corrected chi connectivity index (χ4v) is 4.34. The first-order chi connectivity index (χ1) is 10.0. The largest absolute Gasteiger partial charge is 0.309 e. The molecule has 3 N–H and O–H groups in total. The molecule has 1 amide bonds. The molecule has 0 aliphatic heterocycles. The van der Waals surface area contributed by atoms with Crippen LogP contribution in [0, 0.1) is 5.82 Å². The number of rotatable bonds is 6. The molecule has 1 aromatic carbocycles. The minimum Gasteiger partial charge on any atom is -0.309 e. The zero-order chi connectivity index (χ0) is 15.4. The summed E-state index contributed by atoms with van der Waals surface area (Å²) in [4.78, 5) is 14.5. The SMILES string of the molecule is CN(C)CCSCc1c(C(=O)NN)sc2cccc(F)c12. The third kappa shape index (κ3) is 3.74. The van der Waals surface area contributed by atoms with Crippen molar-refractivity contribution < 1.29 is 9.18 Å². The van der Waals surface area contributed by atoms with Crippen LogP contribution in [0.3, 0.4) is 0 Å². The number of hydrogen-bond donors (Lipinski definition) is 2. The summed E-state index contributed by atoms with van der Waals surface area (Å²) in [7, 11) is 4.01. The maximum absolute atomic E-state index is 14.1. The Morgan fingerprint density at radius 2 is 2.24 bits per heavy atom. The van der Waals surface area contributed by atoms with E-state index in [0.717, 1.165) is 22.6 Å². The number of nitrogens with two attached hydrogens (primary N) is 1. The highest BCUT2D eigenvalue weighted by Gasteiger charge is 2.19. The lowest BCUT2D eigenvalue weighted by Gasteiger charge is -2.09. The van der Waals surface area contributed by atoms with Crippen molar-refractivity contribution >= 4 is 39.1 Å². The summed E-state index contributed by atoms with van der Waals surface area (Å²) >= 11 is 2.96. The van der Waals surface area contributed by atoms with Crippen LogP contribution in [-0.2, 0) is 5.75 Å². The lowest BCUT2D eigenvalue weighted by Crippen LogP contribution is -2.29. The summed E-state index contributed by atoms with van der Waals surface area (Å²) in [5.41, 5.74) is 2.88. The predicted molar refractivity (Wildman–Crippen MR) is 88.2 cm³/mol. The molecule has 0 saturated heterocycles. The summed E-state index contributed by atoms with van der Waals surface area (Å²) in [5, 5.41) is 0.540. The second-order valence-electron chi connectivity index (χ2n) is 4.85. The maximum atomic E-state index is 14.1. The molecule has 1 heterocycles. The first-order valence-electron chi connectivity index (χ1n) is 6.48. The molecule has 4 nitrogen and oxygen atoms in total. The Labute approximate surface area is 131 Å². The fraction of sp³-hybridized carbons (Fsp3) is 0.357. The molecular formula is C14H18FN3OS2. The number of thiophene rings is 1. The highest BCUT2D eigenvalue weighted by Crippen LogP contribution is 2.35. The molecule has 0 unspecified atom stereocenters. The standard InChI is InChI=1S/C14H18FN3OS2/c1-18(2)6-7-20-8-9-12-10(15)4-3-5-11(12)21-13(9)14(19)17-16/h3-5H,6-8,16H2,1-2H3,(H,17,19). The fourth-order valence-electron chi connectivity index (χ4n) is 1.98. The zero-order valence-electron chi connectivity index (χ0n) is 12.0. The average Bonchev–Trinajstić information content (AvgIpc) is 2.82. The number of nitrogens with zero attached hydrogens (tertiary/aromatic N) is 1. The molecule has 21 heavy (non-hydrogen) atoms. The number of nitrogens with one attached hydrogen (secondary N) is 1. The summed E-state index contributed by atoms with van der Waals surface area (Å²) in [6.45, 7) is 0.938. The van der Waals surface area contributed by atoms with E-state index in [-0.39, 0.29) is 11.7 Å². The van der Waals surface area contributed by atoms with Crippen molar-refractivity contribution in [1.29, 1.82) is 0 Å². The molecule has 0 atom stereocenters. The van der Waals surface area contributed by atoms with E-state index in [1.807, 2.05) is 20.2 Å². The first-order valence-corrected chi connectivity index (χ1v) is 8.45. The van der Waals surface area contributed by atoms with Crippen LogP contribution in [0.5, 0.6) is 0 Å². The monoisotopic (exact) mass is 327 g/mol. The van der Waals surface area contributed by atoms with E-state index in [2.05, 4.69) is 10.3 Å². The van der Waals surface area contributed by atoms with E-state index >= 15 is 0 Å². The van der Waals surface area contributed by atoms with Gasteiger partial charge >= 0.3 is 0 Å². The van der Waals surface area contributed by atoms with Crippen LogP contribution in [0.1, 0.15) is 15.2 Å². The first kappa shape index (κ1) is 16.2. The number of amides is 1. The van der Waals surface area contributed by atoms with Crippen molar-refractivity contribution in [3.8, 4) is 0 Å². The number of fused-ring (bicyclic) bond motifs is 1. The zero-order valence-corrected chi connectivity index (χ0v) is 13.6. The van der Waals surface area contributed by atoms with Gasteiger partial charge in [0, 0.05) is 28.1 Å². The Morgan fingerprint density at radius 1 is 1.48 bits per heavy atom. The smallest absolute Gasteiger partial charge is 0.275 e. The van der Waals surface area contributed by atoms with Crippen LogP contribution in [0.15, 0.2) is 18.2 Å². The summed E-state index contributed by atoms with van der Waals surface area (Å²) in [6, 6.07) is 4.90. The molecule has 0 spiro atoms. The Bertz CT molecular complexity index is 642. The molecule has 0 fully saturated rings. The average molecular weight is 327 g/mol. The highest BCUT2D eigenvalue weighted by atomic mass is 32.2. The Hall–Kier alpha value is -1.15. The van der Waals surface area contributed by atoms with Crippen LogP contribution in [0.25, 0.3) is 10.1 Å². The second-order valence-corrected chi connectivity index (χ2v) is 7.01. The topological polar surface area (TPSA) is 58.4 Å². The van der Waals surface area contributed by atoms with E-state index < -0.39 is 0 Å². The molecule has 0 saturated carbocycles. The Morgan fingerprint density at radius 3 is 2.90 bits per heavy atom. The van der Waals surface area contributed by atoms with Crippen molar-refractivity contribution in [3.63, 3.8) is 0 Å². The number of halogens is 1. The number of hydrazine groups is 1. The van der Waals surface area contributed by atoms with Gasteiger partial charge in [-0.3, -0.25) is 10.2 Å². The molecule has 0 bridgehead atoms. The van der Waals surface area contributed by atoms with Gasteiger partial charge in [0.1, 0.15) is 5.82 Å². The third-order valence-electron chi connectivity index (χ3n) is 3.03. The number of thioether (sulfide) groups is 1. The van der Waals surface area contributed by atoms with Gasteiger partial charge in [-0.25, -0.2) is 10.2 Å². The van der Waals surface area contributed by atoms with Gasteiger partial charge in [-0.15, -0.1) is 11.3 Å². The van der Waals surface area contributed by atoms with Gasteiger partial charge in [0.2, 0.25) is 0 Å². The van der Waals surface area contributed by atoms with E-state index in [0.29, 0.717) is 16.0 Å². The number of benzene rings is 1. The maximum Gasteiger partial charge on any atom is 0.275 e. The molecule has 1 aromatic heterocycles. The second kappa shape index (κ2) is 7.22. The number of nitrogen functional groups attached to an aromatic ring is 1. The normalized spacial score (nSPS) is 11.3. The van der Waals surface area contributed by atoms with Gasteiger partial charge in [0.25, 0.3) is 5.91 Å².